The fraction of sp³-hybridized carbons (Fsp3) is 0.200. The van der Waals surface area contributed by atoms with E-state index < -0.39 is 5.91 Å². The fourth-order valence-electron chi connectivity index (χ4n) is 2.58. The molecule has 0 spiro atoms. The number of nitrogens with zero attached hydrogens (tertiary/aromatic N) is 5. The van der Waals surface area contributed by atoms with Gasteiger partial charge in [-0.1, -0.05) is 0 Å². The van der Waals surface area contributed by atoms with E-state index in [2.05, 4.69) is 20.0 Å². The average molecular weight is 310 g/mol. The number of carbonyl (C=O) groups excluding carboxylic acids is 1. The number of pyridine rings is 1. The lowest BCUT2D eigenvalue weighted by molar-refractivity contribution is 0.0994. The second kappa shape index (κ2) is 5.24. The Bertz CT molecular complexity index is 871. The molecule has 23 heavy (non-hydrogen) atoms. The smallest absolute Gasteiger partial charge is 0.267 e. The number of hydrogen-bond acceptors (Lipinski definition) is 6. The van der Waals surface area contributed by atoms with Gasteiger partial charge in [0.2, 0.25) is 0 Å². The molecule has 0 aromatic carbocycles. The van der Waals surface area contributed by atoms with Gasteiger partial charge in [-0.15, -0.1) is 0 Å². The maximum Gasteiger partial charge on any atom is 0.267 e. The second-order valence-electron chi connectivity index (χ2n) is 5.30. The summed E-state index contributed by atoms with van der Waals surface area (Å²) in [4.78, 5) is 21.6. The van der Waals surface area contributed by atoms with Crippen LogP contribution in [0, 0.1) is 0 Å². The van der Waals surface area contributed by atoms with Gasteiger partial charge in [-0.25, -0.2) is 9.50 Å². The Balaban J connectivity index is 1.45. The van der Waals surface area contributed by atoms with Gasteiger partial charge in [0.25, 0.3) is 5.91 Å². The van der Waals surface area contributed by atoms with Gasteiger partial charge in [0, 0.05) is 24.7 Å². The van der Waals surface area contributed by atoms with Crippen LogP contribution in [0.5, 0.6) is 5.75 Å². The van der Waals surface area contributed by atoms with Crippen LogP contribution in [0.15, 0.2) is 43.0 Å². The van der Waals surface area contributed by atoms with Crippen LogP contribution in [-0.2, 0) is 0 Å². The molecule has 3 aromatic heterocycles. The highest BCUT2D eigenvalue weighted by atomic mass is 16.5. The monoisotopic (exact) mass is 310 g/mol. The maximum atomic E-state index is 11.1. The largest absolute Gasteiger partial charge is 0.487 e. The summed E-state index contributed by atoms with van der Waals surface area (Å²) in [6.07, 6.45) is 6.83. The van der Waals surface area contributed by atoms with Crippen molar-refractivity contribution in [2.75, 3.05) is 18.0 Å². The Kier molecular flexibility index (Phi) is 3.07. The van der Waals surface area contributed by atoms with E-state index in [1.165, 1.54) is 6.20 Å². The number of carbonyl (C=O) groups is 1. The topological polar surface area (TPSA) is 98.6 Å². The molecule has 8 heteroatoms. The molecule has 0 saturated carbocycles. The Morgan fingerprint density at radius 3 is 2.91 bits per heavy atom. The van der Waals surface area contributed by atoms with Gasteiger partial charge in [0.05, 0.1) is 19.3 Å². The standard InChI is InChI=1S/C15H14N6O2/c16-14(22)12-7-10(1-3-17-12)23-11-8-20(9-11)15-13-2-4-19-21(13)6-5-18-15/h1-7,11H,8-9H2,(H2,16,22). The molecule has 0 unspecified atom stereocenters. The summed E-state index contributed by atoms with van der Waals surface area (Å²) in [5.41, 5.74) is 6.38. The van der Waals surface area contributed by atoms with Crippen molar-refractivity contribution < 1.29 is 9.53 Å². The normalized spacial score (nSPS) is 14.7. The molecule has 0 radical (unpaired) electrons. The number of amides is 1. The van der Waals surface area contributed by atoms with E-state index in [-0.39, 0.29) is 11.8 Å². The van der Waals surface area contributed by atoms with Gasteiger partial charge in [-0.3, -0.25) is 9.78 Å². The number of fused-ring (bicyclic) bond motifs is 1. The highest BCUT2D eigenvalue weighted by molar-refractivity contribution is 5.91. The van der Waals surface area contributed by atoms with Gasteiger partial charge in [0.15, 0.2) is 5.82 Å². The van der Waals surface area contributed by atoms with Crippen molar-refractivity contribution in [2.24, 2.45) is 5.73 Å². The van der Waals surface area contributed by atoms with Crippen LogP contribution < -0.4 is 15.4 Å². The van der Waals surface area contributed by atoms with Crippen LogP contribution in [-0.4, -0.2) is 44.7 Å². The minimum absolute atomic E-state index is 0.0307. The van der Waals surface area contributed by atoms with Gasteiger partial charge in [-0.2, -0.15) is 5.10 Å². The lowest BCUT2D eigenvalue weighted by Crippen LogP contribution is -2.54. The van der Waals surface area contributed by atoms with E-state index in [1.54, 1.807) is 29.0 Å². The molecule has 116 valence electrons. The van der Waals surface area contributed by atoms with E-state index in [0.29, 0.717) is 18.8 Å². The van der Waals surface area contributed by atoms with Crippen LogP contribution >= 0.6 is 0 Å². The molecular weight excluding hydrogens is 296 g/mol. The molecule has 1 amide bonds. The third-order valence-electron chi connectivity index (χ3n) is 3.74. The minimum Gasteiger partial charge on any atom is -0.487 e. The SMILES string of the molecule is NC(=O)c1cc(OC2CN(c3nccn4nccc34)C2)ccn1. The quantitative estimate of drug-likeness (QED) is 0.753. The van der Waals surface area contributed by atoms with E-state index in [4.69, 9.17) is 10.5 Å². The number of nitrogens with two attached hydrogens (primary N) is 1. The number of primary amides is 1. The first-order valence-corrected chi connectivity index (χ1v) is 7.16. The molecule has 1 aliphatic heterocycles. The number of hydrogen-bond donors (Lipinski definition) is 1. The molecule has 1 saturated heterocycles. The Morgan fingerprint density at radius 1 is 1.22 bits per heavy atom. The number of anilines is 1. The Labute approximate surface area is 131 Å². The van der Waals surface area contributed by atoms with Crippen LogP contribution in [0.2, 0.25) is 0 Å². The van der Waals surface area contributed by atoms with E-state index in [0.717, 1.165) is 11.3 Å². The van der Waals surface area contributed by atoms with Crippen molar-refractivity contribution in [1.29, 1.82) is 0 Å². The lowest BCUT2D eigenvalue weighted by Gasteiger charge is -2.39. The second-order valence-corrected chi connectivity index (χ2v) is 5.30. The molecule has 0 bridgehead atoms. The van der Waals surface area contributed by atoms with Crippen molar-refractivity contribution in [2.45, 2.75) is 6.10 Å². The first-order valence-electron chi connectivity index (χ1n) is 7.16. The van der Waals surface area contributed by atoms with Crippen molar-refractivity contribution >= 4 is 17.2 Å². The summed E-state index contributed by atoms with van der Waals surface area (Å²) in [6.45, 7) is 1.43. The third-order valence-corrected chi connectivity index (χ3v) is 3.74. The molecule has 1 fully saturated rings. The summed E-state index contributed by atoms with van der Waals surface area (Å²) in [5.74, 6) is 0.911. The van der Waals surface area contributed by atoms with Gasteiger partial charge >= 0.3 is 0 Å². The Hall–Kier alpha value is -3.16. The molecule has 0 aliphatic carbocycles. The first-order chi connectivity index (χ1) is 11.2. The molecule has 3 aromatic rings. The van der Waals surface area contributed by atoms with Gasteiger partial charge in [0.1, 0.15) is 23.1 Å². The summed E-state index contributed by atoms with van der Waals surface area (Å²) >= 11 is 0. The predicted molar refractivity (Wildman–Crippen MR) is 82.4 cm³/mol. The van der Waals surface area contributed by atoms with Crippen LogP contribution in [0.1, 0.15) is 10.5 Å². The molecular formula is C15H14N6O2. The number of rotatable bonds is 4. The summed E-state index contributed by atoms with van der Waals surface area (Å²) in [7, 11) is 0. The summed E-state index contributed by atoms with van der Waals surface area (Å²) in [5, 5.41) is 4.20. The van der Waals surface area contributed by atoms with Crippen molar-refractivity contribution in [1.82, 2.24) is 19.6 Å². The zero-order valence-electron chi connectivity index (χ0n) is 12.2. The number of aromatic nitrogens is 4. The highest BCUT2D eigenvalue weighted by Crippen LogP contribution is 2.25. The molecule has 4 rings (SSSR count). The maximum absolute atomic E-state index is 11.1. The predicted octanol–water partition coefficient (Wildman–Crippen LogP) is 0.491. The third kappa shape index (κ3) is 2.44. The van der Waals surface area contributed by atoms with Gasteiger partial charge < -0.3 is 15.4 Å². The van der Waals surface area contributed by atoms with Crippen LogP contribution in [0.3, 0.4) is 0 Å². The van der Waals surface area contributed by atoms with E-state index >= 15 is 0 Å². The highest BCUT2D eigenvalue weighted by Gasteiger charge is 2.31. The van der Waals surface area contributed by atoms with Crippen LogP contribution in [0.4, 0.5) is 5.82 Å². The molecule has 8 nitrogen and oxygen atoms in total. The summed E-state index contributed by atoms with van der Waals surface area (Å²) in [6, 6.07) is 5.20. The summed E-state index contributed by atoms with van der Waals surface area (Å²) < 4.78 is 7.64. The van der Waals surface area contributed by atoms with Crippen molar-refractivity contribution in [3.8, 4) is 5.75 Å². The van der Waals surface area contributed by atoms with Crippen molar-refractivity contribution in [3.63, 3.8) is 0 Å². The first kappa shape index (κ1) is 13.5. The lowest BCUT2D eigenvalue weighted by atomic mass is 10.1. The number of ether oxygens (including phenoxy) is 1. The molecule has 1 aliphatic rings. The molecule has 2 N–H and O–H groups in total. The average Bonchev–Trinajstić information content (AvgIpc) is 2.99. The Morgan fingerprint density at radius 2 is 2.09 bits per heavy atom. The molecule has 4 heterocycles. The van der Waals surface area contributed by atoms with E-state index in [1.807, 2.05) is 12.3 Å². The zero-order chi connectivity index (χ0) is 15.8. The van der Waals surface area contributed by atoms with E-state index in [9.17, 15) is 4.79 Å². The zero-order valence-corrected chi connectivity index (χ0v) is 12.2. The molecule has 0 atom stereocenters. The van der Waals surface area contributed by atoms with Crippen molar-refractivity contribution in [3.05, 3.63) is 48.7 Å². The van der Waals surface area contributed by atoms with Crippen LogP contribution in [0.25, 0.3) is 5.52 Å². The van der Waals surface area contributed by atoms with Gasteiger partial charge in [-0.05, 0) is 12.1 Å². The fourth-order valence-corrected chi connectivity index (χ4v) is 2.58. The minimum atomic E-state index is -0.567.